The molecule has 0 aliphatic heterocycles. The van der Waals surface area contributed by atoms with Crippen molar-refractivity contribution in [2.24, 2.45) is 0 Å². The van der Waals surface area contributed by atoms with E-state index in [-0.39, 0.29) is 0 Å². The first-order valence-corrected chi connectivity index (χ1v) is 6.57. The molecular weight excluding hydrogens is 243 g/mol. The van der Waals surface area contributed by atoms with E-state index in [1.165, 1.54) is 20.2 Å². The molecule has 4 nitrogen and oxygen atoms in total. The third-order valence-corrected chi connectivity index (χ3v) is 4.14. The van der Waals surface area contributed by atoms with E-state index < -0.39 is 21.6 Å². The first-order chi connectivity index (χ1) is 7.67. The maximum Gasteiger partial charge on any atom is 0.279 e. The molecule has 0 fully saturated rings. The molecule has 0 atom stereocenters. The van der Waals surface area contributed by atoms with Crippen molar-refractivity contribution >= 4 is 10.2 Å². The van der Waals surface area contributed by atoms with Crippen LogP contribution in [0.4, 0.5) is 4.39 Å². The summed E-state index contributed by atoms with van der Waals surface area (Å²) < 4.78 is 40.6. The van der Waals surface area contributed by atoms with Crippen molar-refractivity contribution in [1.29, 1.82) is 0 Å². The van der Waals surface area contributed by atoms with Crippen LogP contribution in [0.3, 0.4) is 0 Å². The van der Waals surface area contributed by atoms with Crippen molar-refractivity contribution < 1.29 is 12.8 Å². The summed E-state index contributed by atoms with van der Waals surface area (Å²) >= 11 is 0. The minimum Gasteiger partial charge on any atom is -0.207 e. The number of nitrogens with zero attached hydrogens (tertiary/aromatic N) is 1. The van der Waals surface area contributed by atoms with Gasteiger partial charge >= 0.3 is 0 Å². The molecule has 1 aromatic rings. The van der Waals surface area contributed by atoms with Crippen LogP contribution in [-0.4, -0.2) is 26.8 Å². The molecule has 96 valence electrons. The lowest BCUT2D eigenvalue weighted by molar-refractivity contribution is 0.422. The number of hydrogen-bond donors (Lipinski definition) is 1. The van der Waals surface area contributed by atoms with E-state index in [9.17, 15) is 12.8 Å². The number of halogens is 1. The predicted octanol–water partition coefficient (Wildman–Crippen LogP) is 1.46. The van der Waals surface area contributed by atoms with Crippen LogP contribution in [0.25, 0.3) is 0 Å². The Kier molecular flexibility index (Phi) is 3.91. The summed E-state index contributed by atoms with van der Waals surface area (Å²) in [6.45, 7) is 3.24. The second-order valence-electron chi connectivity index (χ2n) is 4.49. The monoisotopic (exact) mass is 260 g/mol. The van der Waals surface area contributed by atoms with E-state index in [4.69, 9.17) is 0 Å². The van der Waals surface area contributed by atoms with Gasteiger partial charge in [0, 0.05) is 19.7 Å². The summed E-state index contributed by atoms with van der Waals surface area (Å²) in [4.78, 5) is 0. The Balaban J connectivity index is 3.10. The van der Waals surface area contributed by atoms with E-state index in [1.807, 2.05) is 0 Å². The molecule has 0 bridgehead atoms. The number of nitrogens with one attached hydrogen (secondary N) is 1. The molecule has 0 aliphatic carbocycles. The van der Waals surface area contributed by atoms with Gasteiger partial charge in [-0.15, -0.1) is 0 Å². The number of hydrogen-bond acceptors (Lipinski definition) is 2. The highest BCUT2D eigenvalue weighted by atomic mass is 32.2. The van der Waals surface area contributed by atoms with Crippen LogP contribution in [0.5, 0.6) is 0 Å². The maximum atomic E-state index is 13.6. The Morgan fingerprint density at radius 1 is 1.24 bits per heavy atom. The summed E-state index contributed by atoms with van der Waals surface area (Å²) in [5.41, 5.74) is -0.695. The molecule has 6 heteroatoms. The van der Waals surface area contributed by atoms with Crippen LogP contribution in [0.1, 0.15) is 19.4 Å². The lowest BCUT2D eigenvalue weighted by Crippen LogP contribution is -2.46. The SMILES string of the molecule is CN(C)S(=O)(=O)NC(C)(C)c1ccccc1F. The van der Waals surface area contributed by atoms with Crippen LogP contribution >= 0.6 is 0 Å². The second-order valence-corrected chi connectivity index (χ2v) is 6.38. The quantitative estimate of drug-likeness (QED) is 0.891. The van der Waals surface area contributed by atoms with Crippen molar-refractivity contribution in [1.82, 2.24) is 9.03 Å². The van der Waals surface area contributed by atoms with Gasteiger partial charge in [-0.25, -0.2) is 4.39 Å². The van der Waals surface area contributed by atoms with Gasteiger partial charge in [0.05, 0.1) is 5.54 Å². The zero-order chi connectivity index (χ0) is 13.3. The van der Waals surface area contributed by atoms with Crippen LogP contribution in [-0.2, 0) is 15.7 Å². The molecule has 1 aromatic carbocycles. The molecule has 0 spiro atoms. The van der Waals surface area contributed by atoms with Gasteiger partial charge in [-0.05, 0) is 19.9 Å². The van der Waals surface area contributed by atoms with Crippen LogP contribution in [0.2, 0.25) is 0 Å². The molecule has 0 amide bonds. The highest BCUT2D eigenvalue weighted by Crippen LogP contribution is 2.23. The minimum atomic E-state index is -3.60. The highest BCUT2D eigenvalue weighted by Gasteiger charge is 2.30. The first-order valence-electron chi connectivity index (χ1n) is 5.13. The van der Waals surface area contributed by atoms with E-state index in [0.717, 1.165) is 4.31 Å². The molecule has 0 saturated carbocycles. The number of rotatable bonds is 4. The second kappa shape index (κ2) is 4.72. The Bertz CT molecular complexity index is 498. The molecule has 1 rings (SSSR count). The van der Waals surface area contributed by atoms with Crippen LogP contribution in [0.15, 0.2) is 24.3 Å². The average Bonchev–Trinajstić information content (AvgIpc) is 2.16. The van der Waals surface area contributed by atoms with Gasteiger partial charge in [0.25, 0.3) is 10.2 Å². The van der Waals surface area contributed by atoms with Gasteiger partial charge in [0.2, 0.25) is 0 Å². The summed E-state index contributed by atoms with van der Waals surface area (Å²) in [5.74, 6) is -0.432. The lowest BCUT2D eigenvalue weighted by Gasteiger charge is -2.28. The van der Waals surface area contributed by atoms with Crippen LogP contribution in [0, 0.1) is 5.82 Å². The standard InChI is InChI=1S/C11H17FN2O2S/c1-11(2,13-17(15,16)14(3)4)9-7-5-6-8-10(9)12/h5-8,13H,1-4H3. The Hall–Kier alpha value is -0.980. The van der Waals surface area contributed by atoms with Crippen LogP contribution < -0.4 is 4.72 Å². The number of benzene rings is 1. The van der Waals surface area contributed by atoms with E-state index in [1.54, 1.807) is 32.0 Å². The summed E-state index contributed by atoms with van der Waals surface area (Å²) in [6.07, 6.45) is 0. The maximum absolute atomic E-state index is 13.6. The largest absolute Gasteiger partial charge is 0.279 e. The molecule has 17 heavy (non-hydrogen) atoms. The summed E-state index contributed by atoms with van der Waals surface area (Å²) in [6, 6.07) is 6.11. The molecule has 0 aromatic heterocycles. The van der Waals surface area contributed by atoms with Gasteiger partial charge in [0.15, 0.2) is 0 Å². The van der Waals surface area contributed by atoms with Crippen molar-refractivity contribution in [2.75, 3.05) is 14.1 Å². The van der Waals surface area contributed by atoms with Gasteiger partial charge < -0.3 is 0 Å². The van der Waals surface area contributed by atoms with Gasteiger partial charge in [0.1, 0.15) is 5.82 Å². The Labute approximate surface area is 102 Å². The van der Waals surface area contributed by atoms with E-state index in [2.05, 4.69) is 4.72 Å². The topological polar surface area (TPSA) is 49.4 Å². The normalized spacial score (nSPS) is 13.1. The Morgan fingerprint density at radius 3 is 2.24 bits per heavy atom. The zero-order valence-corrected chi connectivity index (χ0v) is 11.2. The molecule has 1 N–H and O–H groups in total. The molecule has 0 saturated heterocycles. The molecule has 0 aliphatic rings. The van der Waals surface area contributed by atoms with E-state index >= 15 is 0 Å². The lowest BCUT2D eigenvalue weighted by atomic mass is 9.95. The molecule has 0 unspecified atom stereocenters. The van der Waals surface area contributed by atoms with Crippen molar-refractivity contribution in [2.45, 2.75) is 19.4 Å². The molecular formula is C11H17FN2O2S. The average molecular weight is 260 g/mol. The highest BCUT2D eigenvalue weighted by molar-refractivity contribution is 7.87. The Morgan fingerprint density at radius 2 is 1.76 bits per heavy atom. The predicted molar refractivity (Wildman–Crippen MR) is 65.2 cm³/mol. The summed E-state index contributed by atoms with van der Waals surface area (Å²) in [5, 5.41) is 0. The third kappa shape index (κ3) is 3.24. The molecule has 0 radical (unpaired) electrons. The molecule has 0 heterocycles. The zero-order valence-electron chi connectivity index (χ0n) is 10.4. The van der Waals surface area contributed by atoms with Crippen molar-refractivity contribution in [3.8, 4) is 0 Å². The fraction of sp³-hybridized carbons (Fsp3) is 0.455. The van der Waals surface area contributed by atoms with Gasteiger partial charge in [-0.3, -0.25) is 0 Å². The first kappa shape index (κ1) is 14.1. The summed E-state index contributed by atoms with van der Waals surface area (Å²) in [7, 11) is -0.771. The van der Waals surface area contributed by atoms with Gasteiger partial charge in [-0.1, -0.05) is 18.2 Å². The smallest absolute Gasteiger partial charge is 0.207 e. The van der Waals surface area contributed by atoms with E-state index in [0.29, 0.717) is 5.56 Å². The van der Waals surface area contributed by atoms with Crippen molar-refractivity contribution in [3.05, 3.63) is 35.6 Å². The third-order valence-electron chi connectivity index (χ3n) is 2.41. The van der Waals surface area contributed by atoms with Gasteiger partial charge in [-0.2, -0.15) is 17.4 Å². The fourth-order valence-electron chi connectivity index (χ4n) is 1.44. The fourth-order valence-corrected chi connectivity index (χ4v) is 2.37. The minimum absolute atomic E-state index is 0.311. The van der Waals surface area contributed by atoms with Crippen molar-refractivity contribution in [3.63, 3.8) is 0 Å².